The number of alkyl halides is 1. The van der Waals surface area contributed by atoms with Gasteiger partial charge in [0.15, 0.2) is 0 Å². The minimum Gasteiger partial charge on any atom is -0.0829 e. The van der Waals surface area contributed by atoms with Crippen molar-refractivity contribution in [2.75, 3.05) is 0 Å². The van der Waals surface area contributed by atoms with Crippen molar-refractivity contribution in [1.82, 2.24) is 0 Å². The number of hydrogen-bond donors (Lipinski definition) is 0. The molecule has 0 aliphatic carbocycles. The fourth-order valence-corrected chi connectivity index (χ4v) is 3.92. The van der Waals surface area contributed by atoms with Gasteiger partial charge in [0.1, 0.15) is 0 Å². The van der Waals surface area contributed by atoms with E-state index in [4.69, 9.17) is 0 Å². The van der Waals surface area contributed by atoms with Crippen molar-refractivity contribution in [3.63, 3.8) is 0 Å². The summed E-state index contributed by atoms with van der Waals surface area (Å²) in [7, 11) is 0. The summed E-state index contributed by atoms with van der Waals surface area (Å²) in [6, 6.07) is 16.9. The Hall–Kier alpha value is -0.120. The van der Waals surface area contributed by atoms with Gasteiger partial charge in [-0.05, 0) is 29.3 Å². The average molecular weight is 447 g/mol. The number of rotatable bonds is 3. The van der Waals surface area contributed by atoms with Crippen molar-refractivity contribution >= 4 is 47.8 Å². The molecule has 0 saturated heterocycles. The molecule has 0 nitrogen and oxygen atoms in total. The quantitative estimate of drug-likeness (QED) is 0.464. The zero-order valence-electron chi connectivity index (χ0n) is 10.8. The molecule has 0 aliphatic rings. The van der Waals surface area contributed by atoms with Crippen LogP contribution in [0.5, 0.6) is 0 Å². The lowest BCUT2D eigenvalue weighted by atomic mass is 9.79. The Labute approximate surface area is 140 Å². The molecule has 2 aromatic carbocycles. The monoisotopic (exact) mass is 444 g/mol. The van der Waals surface area contributed by atoms with Crippen LogP contribution in [0.25, 0.3) is 0 Å². The second-order valence-corrected chi connectivity index (χ2v) is 7.80. The van der Waals surface area contributed by atoms with E-state index in [1.165, 1.54) is 11.1 Å². The van der Waals surface area contributed by atoms with Gasteiger partial charge in [-0.25, -0.2) is 0 Å². The van der Waals surface area contributed by atoms with Gasteiger partial charge in [-0.2, -0.15) is 0 Å². The third kappa shape index (κ3) is 3.32. The third-order valence-electron chi connectivity index (χ3n) is 3.38. The van der Waals surface area contributed by atoms with Crippen molar-refractivity contribution < 1.29 is 0 Å². The lowest BCUT2D eigenvalue weighted by Gasteiger charge is -2.32. The molecule has 0 N–H and O–H groups in total. The summed E-state index contributed by atoms with van der Waals surface area (Å²) in [5.74, 6) is 0. The first kappa shape index (κ1) is 15.3. The first-order valence-electron chi connectivity index (χ1n) is 6.07. The average Bonchev–Trinajstić information content (AvgIpc) is 2.41. The fourth-order valence-electron chi connectivity index (χ4n) is 2.11. The van der Waals surface area contributed by atoms with Gasteiger partial charge in [0, 0.05) is 19.2 Å². The number of halogens is 3. The van der Waals surface area contributed by atoms with Gasteiger partial charge < -0.3 is 0 Å². The molecule has 0 spiro atoms. The molecular formula is C16H15Br3. The summed E-state index contributed by atoms with van der Waals surface area (Å²) in [5.41, 5.74) is 2.58. The lowest BCUT2D eigenvalue weighted by molar-refractivity contribution is 0.516. The van der Waals surface area contributed by atoms with Crippen molar-refractivity contribution in [1.29, 1.82) is 0 Å². The Morgan fingerprint density at radius 2 is 1.58 bits per heavy atom. The van der Waals surface area contributed by atoms with E-state index in [1.807, 2.05) is 6.07 Å². The van der Waals surface area contributed by atoms with E-state index in [1.54, 1.807) is 0 Å². The van der Waals surface area contributed by atoms with Crippen molar-refractivity contribution in [3.05, 3.63) is 68.6 Å². The van der Waals surface area contributed by atoms with Crippen LogP contribution < -0.4 is 0 Å². The molecule has 0 saturated carbocycles. The molecule has 0 aliphatic heterocycles. The van der Waals surface area contributed by atoms with Crippen molar-refractivity contribution in [2.24, 2.45) is 0 Å². The largest absolute Gasteiger partial charge is 0.0829 e. The molecule has 0 aromatic heterocycles. The topological polar surface area (TPSA) is 0 Å². The van der Waals surface area contributed by atoms with Crippen LogP contribution >= 0.6 is 47.8 Å². The molecule has 0 radical (unpaired) electrons. The van der Waals surface area contributed by atoms with Crippen LogP contribution in [0, 0.1) is 0 Å². The lowest BCUT2D eigenvalue weighted by Crippen LogP contribution is -2.23. The molecule has 0 amide bonds. The van der Waals surface area contributed by atoms with E-state index in [2.05, 4.69) is 104 Å². The second-order valence-electron chi connectivity index (χ2n) is 5.12. The molecule has 2 rings (SSSR count). The molecule has 0 bridgehead atoms. The molecule has 3 heteroatoms. The molecule has 100 valence electrons. The normalized spacial score (nSPS) is 13.3. The third-order valence-corrected chi connectivity index (χ3v) is 6.24. The van der Waals surface area contributed by atoms with Crippen LogP contribution in [0.2, 0.25) is 0 Å². The van der Waals surface area contributed by atoms with Gasteiger partial charge in [-0.15, -0.1) is 0 Å². The van der Waals surface area contributed by atoms with Crippen LogP contribution in [-0.2, 0) is 5.41 Å². The highest BCUT2D eigenvalue weighted by molar-refractivity contribution is 9.11. The second kappa shape index (κ2) is 6.11. The maximum Gasteiger partial charge on any atom is 0.0498 e. The highest BCUT2D eigenvalue weighted by atomic mass is 79.9. The van der Waals surface area contributed by atoms with Crippen molar-refractivity contribution in [3.8, 4) is 0 Å². The number of hydrogen-bond acceptors (Lipinski definition) is 0. The SMILES string of the molecule is CC(C)(c1ccccc1)C(Br)c1cc(Br)ccc1Br. The number of benzene rings is 2. The minimum absolute atomic E-state index is 0.00454. The highest BCUT2D eigenvalue weighted by Gasteiger charge is 2.31. The Bertz CT molecular complexity index is 561. The molecule has 1 unspecified atom stereocenters. The van der Waals surface area contributed by atoms with Gasteiger partial charge >= 0.3 is 0 Å². The van der Waals surface area contributed by atoms with Crippen LogP contribution in [0.3, 0.4) is 0 Å². The van der Waals surface area contributed by atoms with E-state index in [-0.39, 0.29) is 10.2 Å². The van der Waals surface area contributed by atoms with E-state index in [0.717, 1.165) is 8.95 Å². The first-order chi connectivity index (χ1) is 8.93. The summed E-state index contributed by atoms with van der Waals surface area (Å²) in [5, 5.41) is 0. The standard InChI is InChI=1S/C16H15Br3/c1-16(2,11-6-4-3-5-7-11)15(19)13-10-12(17)8-9-14(13)18/h3-10,15H,1-2H3. The Morgan fingerprint density at radius 3 is 2.21 bits per heavy atom. The Morgan fingerprint density at radius 1 is 0.947 bits per heavy atom. The smallest absolute Gasteiger partial charge is 0.0498 e. The zero-order chi connectivity index (χ0) is 14.0. The van der Waals surface area contributed by atoms with Gasteiger partial charge in [0.05, 0.1) is 0 Å². The summed E-state index contributed by atoms with van der Waals surface area (Å²) in [6.07, 6.45) is 0. The summed E-state index contributed by atoms with van der Waals surface area (Å²) in [6.45, 7) is 4.52. The Kier molecular flexibility index (Phi) is 4.91. The summed E-state index contributed by atoms with van der Waals surface area (Å²) < 4.78 is 2.22. The highest BCUT2D eigenvalue weighted by Crippen LogP contribution is 2.45. The van der Waals surface area contributed by atoms with Gasteiger partial charge in [0.2, 0.25) is 0 Å². The maximum atomic E-state index is 3.88. The van der Waals surface area contributed by atoms with Crippen LogP contribution in [-0.4, -0.2) is 0 Å². The molecular weight excluding hydrogens is 432 g/mol. The fraction of sp³-hybridized carbons (Fsp3) is 0.250. The molecule has 0 fully saturated rings. The molecule has 2 aromatic rings. The van der Waals surface area contributed by atoms with Crippen LogP contribution in [0.15, 0.2) is 57.5 Å². The minimum atomic E-state index is 0.00454. The predicted molar refractivity (Wildman–Crippen MR) is 93.0 cm³/mol. The summed E-state index contributed by atoms with van der Waals surface area (Å²) in [4.78, 5) is 0.231. The van der Waals surface area contributed by atoms with Crippen molar-refractivity contribution in [2.45, 2.75) is 24.1 Å². The van der Waals surface area contributed by atoms with E-state index < -0.39 is 0 Å². The van der Waals surface area contributed by atoms with E-state index >= 15 is 0 Å². The first-order valence-corrected chi connectivity index (χ1v) is 8.57. The Balaban J connectivity index is 2.43. The van der Waals surface area contributed by atoms with Gasteiger partial charge in [-0.3, -0.25) is 0 Å². The predicted octanol–water partition coefficient (Wildman–Crippen LogP) is 6.63. The van der Waals surface area contributed by atoms with E-state index in [9.17, 15) is 0 Å². The summed E-state index contributed by atoms with van der Waals surface area (Å²) >= 11 is 11.1. The molecule has 0 heterocycles. The zero-order valence-corrected chi connectivity index (χ0v) is 15.6. The van der Waals surface area contributed by atoms with E-state index in [0.29, 0.717) is 0 Å². The maximum absolute atomic E-state index is 3.88. The van der Waals surface area contributed by atoms with Crippen LogP contribution in [0.1, 0.15) is 29.8 Å². The van der Waals surface area contributed by atoms with Gasteiger partial charge in [-0.1, -0.05) is 92.0 Å². The molecule has 19 heavy (non-hydrogen) atoms. The molecule has 1 atom stereocenters. The van der Waals surface area contributed by atoms with Gasteiger partial charge in [0.25, 0.3) is 0 Å². The van der Waals surface area contributed by atoms with Crippen LogP contribution in [0.4, 0.5) is 0 Å².